The fourth-order valence-corrected chi connectivity index (χ4v) is 4.17. The number of halogens is 1. The summed E-state index contributed by atoms with van der Waals surface area (Å²) in [6, 6.07) is 7.24. The van der Waals surface area contributed by atoms with E-state index in [4.69, 9.17) is 0 Å². The molecule has 3 aliphatic rings. The molecule has 114 valence electrons. The standard InChI is InChI=1S/C17H22N2O.ClH/c20-17(14-5-4-12-2-1-3-13(12)10-14)19-15-6-7-16(19)11-18-9-8-15;/h4-5,10,15-16,18H,1-3,6-9,11H2;1H. The van der Waals surface area contributed by atoms with Crippen molar-refractivity contribution in [1.29, 1.82) is 0 Å². The zero-order valence-corrected chi connectivity index (χ0v) is 13.1. The van der Waals surface area contributed by atoms with E-state index in [9.17, 15) is 4.79 Å². The Kier molecular flexibility index (Phi) is 4.23. The second kappa shape index (κ2) is 5.98. The molecule has 1 amide bonds. The molecule has 1 aromatic rings. The van der Waals surface area contributed by atoms with E-state index >= 15 is 0 Å². The minimum atomic E-state index is 0. The maximum Gasteiger partial charge on any atom is 0.254 e. The summed E-state index contributed by atoms with van der Waals surface area (Å²) in [5.74, 6) is 0.260. The lowest BCUT2D eigenvalue weighted by molar-refractivity contribution is 0.0680. The van der Waals surface area contributed by atoms with Crippen molar-refractivity contribution in [3.8, 4) is 0 Å². The van der Waals surface area contributed by atoms with Crippen LogP contribution in [0, 0.1) is 0 Å². The van der Waals surface area contributed by atoms with Crippen molar-refractivity contribution < 1.29 is 4.79 Å². The molecule has 4 heteroatoms. The fraction of sp³-hybridized carbons (Fsp3) is 0.588. The van der Waals surface area contributed by atoms with E-state index in [1.54, 1.807) is 0 Å². The molecule has 2 heterocycles. The summed E-state index contributed by atoms with van der Waals surface area (Å²) in [7, 11) is 0. The molecule has 2 saturated heterocycles. The van der Waals surface area contributed by atoms with Gasteiger partial charge in [-0.25, -0.2) is 0 Å². The summed E-state index contributed by atoms with van der Waals surface area (Å²) in [6.45, 7) is 2.02. The Morgan fingerprint density at radius 1 is 1.10 bits per heavy atom. The molecule has 2 aliphatic heterocycles. The van der Waals surface area contributed by atoms with Gasteiger partial charge in [-0.1, -0.05) is 6.07 Å². The molecule has 0 saturated carbocycles. The summed E-state index contributed by atoms with van der Waals surface area (Å²) >= 11 is 0. The minimum Gasteiger partial charge on any atom is -0.331 e. The largest absolute Gasteiger partial charge is 0.331 e. The Hall–Kier alpha value is -1.06. The lowest BCUT2D eigenvalue weighted by Crippen LogP contribution is -2.42. The van der Waals surface area contributed by atoms with Gasteiger partial charge in [0.2, 0.25) is 0 Å². The minimum absolute atomic E-state index is 0. The van der Waals surface area contributed by atoms with E-state index in [0.717, 1.165) is 37.9 Å². The number of carbonyl (C=O) groups is 1. The number of aryl methyl sites for hydroxylation is 2. The number of hydrogen-bond donors (Lipinski definition) is 1. The number of rotatable bonds is 1. The summed E-state index contributed by atoms with van der Waals surface area (Å²) in [5.41, 5.74) is 3.75. The van der Waals surface area contributed by atoms with Gasteiger partial charge in [0, 0.05) is 24.2 Å². The van der Waals surface area contributed by atoms with Gasteiger partial charge in [-0.3, -0.25) is 4.79 Å². The smallest absolute Gasteiger partial charge is 0.254 e. The van der Waals surface area contributed by atoms with Crippen LogP contribution in [0.5, 0.6) is 0 Å². The van der Waals surface area contributed by atoms with E-state index in [1.165, 1.54) is 30.4 Å². The topological polar surface area (TPSA) is 32.3 Å². The van der Waals surface area contributed by atoms with E-state index in [1.807, 2.05) is 6.07 Å². The monoisotopic (exact) mass is 306 g/mol. The van der Waals surface area contributed by atoms with Gasteiger partial charge in [0.25, 0.3) is 5.91 Å². The van der Waals surface area contributed by atoms with Crippen LogP contribution >= 0.6 is 12.4 Å². The van der Waals surface area contributed by atoms with E-state index < -0.39 is 0 Å². The Morgan fingerprint density at radius 3 is 2.81 bits per heavy atom. The Bertz CT molecular complexity index is 532. The SMILES string of the molecule is Cl.O=C(c1ccc2c(c1)CCC2)N1C2CCNCC1CC2. The van der Waals surface area contributed by atoms with Crippen LogP contribution in [0.25, 0.3) is 0 Å². The highest BCUT2D eigenvalue weighted by Crippen LogP contribution is 2.30. The number of benzene rings is 1. The van der Waals surface area contributed by atoms with Crippen LogP contribution in [0.2, 0.25) is 0 Å². The van der Waals surface area contributed by atoms with Gasteiger partial charge >= 0.3 is 0 Å². The van der Waals surface area contributed by atoms with Crippen molar-refractivity contribution >= 4 is 18.3 Å². The van der Waals surface area contributed by atoms with Crippen molar-refractivity contribution in [2.45, 2.75) is 50.6 Å². The third-order valence-corrected chi connectivity index (χ3v) is 5.23. The third-order valence-electron chi connectivity index (χ3n) is 5.23. The molecule has 0 spiro atoms. The van der Waals surface area contributed by atoms with E-state index in [2.05, 4.69) is 22.3 Å². The normalized spacial score (nSPS) is 27.0. The molecule has 0 radical (unpaired) electrons. The van der Waals surface area contributed by atoms with Crippen molar-refractivity contribution in [3.05, 3.63) is 34.9 Å². The molecule has 2 unspecified atom stereocenters. The van der Waals surface area contributed by atoms with Crippen LogP contribution in [0.3, 0.4) is 0 Å². The molecular weight excluding hydrogens is 284 g/mol. The van der Waals surface area contributed by atoms with E-state index in [-0.39, 0.29) is 18.3 Å². The van der Waals surface area contributed by atoms with Crippen molar-refractivity contribution in [2.24, 2.45) is 0 Å². The Balaban J connectivity index is 0.00000132. The molecule has 1 N–H and O–H groups in total. The zero-order valence-electron chi connectivity index (χ0n) is 12.3. The van der Waals surface area contributed by atoms with Crippen LogP contribution in [0.1, 0.15) is 47.2 Å². The summed E-state index contributed by atoms with van der Waals surface area (Å²) in [6.07, 6.45) is 7.02. The number of nitrogens with zero attached hydrogens (tertiary/aromatic N) is 1. The quantitative estimate of drug-likeness (QED) is 0.865. The average molecular weight is 307 g/mol. The molecule has 2 atom stereocenters. The van der Waals surface area contributed by atoms with Gasteiger partial charge in [0.1, 0.15) is 0 Å². The van der Waals surface area contributed by atoms with Gasteiger partial charge in [-0.05, 0) is 68.3 Å². The van der Waals surface area contributed by atoms with Gasteiger partial charge in [-0.2, -0.15) is 0 Å². The lowest BCUT2D eigenvalue weighted by atomic mass is 10.0. The average Bonchev–Trinajstić information content (AvgIpc) is 3.00. The zero-order chi connectivity index (χ0) is 13.5. The number of carbonyl (C=O) groups excluding carboxylic acids is 1. The fourth-order valence-electron chi connectivity index (χ4n) is 4.17. The first-order chi connectivity index (χ1) is 9.83. The highest BCUT2D eigenvalue weighted by atomic mass is 35.5. The molecule has 2 fully saturated rings. The lowest BCUT2D eigenvalue weighted by Gasteiger charge is -2.28. The molecule has 21 heavy (non-hydrogen) atoms. The first kappa shape index (κ1) is 14.9. The third kappa shape index (κ3) is 2.58. The summed E-state index contributed by atoms with van der Waals surface area (Å²) < 4.78 is 0. The molecule has 1 aliphatic carbocycles. The number of hydrogen-bond acceptors (Lipinski definition) is 2. The second-order valence-corrected chi connectivity index (χ2v) is 6.43. The van der Waals surface area contributed by atoms with Gasteiger partial charge in [0.05, 0.1) is 0 Å². The van der Waals surface area contributed by atoms with Gasteiger partial charge < -0.3 is 10.2 Å². The maximum atomic E-state index is 12.9. The second-order valence-electron chi connectivity index (χ2n) is 6.43. The van der Waals surface area contributed by atoms with E-state index in [0.29, 0.717) is 12.1 Å². The van der Waals surface area contributed by atoms with Crippen molar-refractivity contribution in [1.82, 2.24) is 10.2 Å². The predicted octanol–water partition coefficient (Wildman–Crippen LogP) is 2.56. The van der Waals surface area contributed by atoms with Crippen LogP contribution in [-0.4, -0.2) is 36.0 Å². The first-order valence-corrected chi connectivity index (χ1v) is 7.98. The maximum absolute atomic E-state index is 12.9. The van der Waals surface area contributed by atoms with Crippen LogP contribution in [0.4, 0.5) is 0 Å². The first-order valence-electron chi connectivity index (χ1n) is 7.98. The predicted molar refractivity (Wildman–Crippen MR) is 86.2 cm³/mol. The molecule has 1 aromatic carbocycles. The number of fused-ring (bicyclic) bond motifs is 3. The highest BCUT2D eigenvalue weighted by molar-refractivity contribution is 5.95. The molecule has 3 nitrogen and oxygen atoms in total. The Morgan fingerprint density at radius 2 is 1.90 bits per heavy atom. The number of amides is 1. The molecule has 4 rings (SSSR count). The van der Waals surface area contributed by atoms with Crippen LogP contribution < -0.4 is 5.32 Å². The van der Waals surface area contributed by atoms with Crippen LogP contribution in [-0.2, 0) is 12.8 Å². The summed E-state index contributed by atoms with van der Waals surface area (Å²) in [4.78, 5) is 15.1. The molecule has 0 aromatic heterocycles. The highest BCUT2D eigenvalue weighted by Gasteiger charge is 2.38. The summed E-state index contributed by atoms with van der Waals surface area (Å²) in [5, 5.41) is 3.46. The van der Waals surface area contributed by atoms with Crippen molar-refractivity contribution in [2.75, 3.05) is 13.1 Å². The van der Waals surface area contributed by atoms with Crippen molar-refractivity contribution in [3.63, 3.8) is 0 Å². The number of nitrogens with one attached hydrogen (secondary N) is 1. The molecular formula is C17H23ClN2O. The van der Waals surface area contributed by atoms with Gasteiger partial charge in [0.15, 0.2) is 0 Å². The Labute approximate surface area is 132 Å². The molecule has 2 bridgehead atoms. The van der Waals surface area contributed by atoms with Crippen LogP contribution in [0.15, 0.2) is 18.2 Å². The van der Waals surface area contributed by atoms with Gasteiger partial charge in [-0.15, -0.1) is 12.4 Å².